The maximum absolute atomic E-state index is 12.8. The van der Waals surface area contributed by atoms with Gasteiger partial charge in [0.2, 0.25) is 0 Å². The molecule has 1 unspecified atom stereocenters. The predicted octanol–water partition coefficient (Wildman–Crippen LogP) is 16.5. The highest BCUT2D eigenvalue weighted by atomic mass is 16.6. The van der Waals surface area contributed by atoms with E-state index in [1.54, 1.807) is 0 Å². The van der Waals surface area contributed by atoms with Gasteiger partial charge < -0.3 is 14.2 Å². The Labute approximate surface area is 365 Å². The molecule has 0 aliphatic rings. The van der Waals surface area contributed by atoms with Gasteiger partial charge in [-0.2, -0.15) is 0 Å². The largest absolute Gasteiger partial charge is 0.462 e. The van der Waals surface area contributed by atoms with Crippen LogP contribution in [0.3, 0.4) is 0 Å². The van der Waals surface area contributed by atoms with Crippen molar-refractivity contribution >= 4 is 17.9 Å². The summed E-state index contributed by atoms with van der Waals surface area (Å²) in [6.45, 7) is 6.51. The van der Waals surface area contributed by atoms with Crippen LogP contribution in [0, 0.1) is 0 Å². The highest BCUT2D eigenvalue weighted by molar-refractivity contribution is 5.71. The van der Waals surface area contributed by atoms with Crippen molar-refractivity contribution in [1.29, 1.82) is 0 Å². The zero-order chi connectivity index (χ0) is 43.0. The van der Waals surface area contributed by atoms with E-state index in [0.717, 1.165) is 70.6 Å². The van der Waals surface area contributed by atoms with Gasteiger partial charge in [0.25, 0.3) is 0 Å². The van der Waals surface area contributed by atoms with E-state index >= 15 is 0 Å². The van der Waals surface area contributed by atoms with Gasteiger partial charge in [-0.3, -0.25) is 14.4 Å². The first kappa shape index (κ1) is 56.6. The van der Waals surface area contributed by atoms with Crippen molar-refractivity contribution in [2.75, 3.05) is 13.2 Å². The number of esters is 3. The molecule has 0 bridgehead atoms. The highest BCUT2D eigenvalue weighted by Gasteiger charge is 2.19. The Kier molecular flexibility index (Phi) is 46.4. The number of allylic oxidation sites excluding steroid dienone is 6. The summed E-state index contributed by atoms with van der Waals surface area (Å²) in [5, 5.41) is 0. The molecular formula is C53H96O6. The summed E-state index contributed by atoms with van der Waals surface area (Å²) in [7, 11) is 0. The third-order valence-electron chi connectivity index (χ3n) is 11.2. The van der Waals surface area contributed by atoms with Gasteiger partial charge in [0.05, 0.1) is 0 Å². The molecule has 59 heavy (non-hydrogen) atoms. The van der Waals surface area contributed by atoms with Crippen LogP contribution >= 0.6 is 0 Å². The minimum absolute atomic E-state index is 0.0731. The fraction of sp³-hybridized carbons (Fsp3) is 0.830. The molecule has 0 fully saturated rings. The van der Waals surface area contributed by atoms with Gasteiger partial charge in [-0.1, -0.05) is 243 Å². The SMILES string of the molecule is CC\C=C/C=C\C=C/CCCCCCCCCC(=O)OC(COC(=O)CCCCCCCCCCCC)COC(=O)CCCCCCCCCCCCCCCCCC. The van der Waals surface area contributed by atoms with Crippen LogP contribution < -0.4 is 0 Å². The van der Waals surface area contributed by atoms with Crippen molar-refractivity contribution in [3.05, 3.63) is 36.5 Å². The lowest BCUT2D eigenvalue weighted by molar-refractivity contribution is -0.167. The Bertz CT molecular complexity index is 1000. The molecule has 0 rings (SSSR count). The molecule has 6 nitrogen and oxygen atoms in total. The second kappa shape index (κ2) is 48.3. The van der Waals surface area contributed by atoms with E-state index in [9.17, 15) is 14.4 Å². The standard InChI is InChI=1S/C53H96O6/c1-4-7-10-13-16-19-22-24-26-28-29-31-34-37-40-43-46-52(55)58-49-50(48-57-51(54)45-42-39-36-33-21-18-15-12-9-6-3)59-53(56)47-44-41-38-35-32-30-27-25-23-20-17-14-11-8-5-2/h8,11,14,17,20,23,50H,4-7,9-10,12-13,15-16,18-19,21-22,24-49H2,1-3H3/b11-8-,17-14-,23-20-. The van der Waals surface area contributed by atoms with Crippen LogP contribution in [-0.2, 0) is 28.6 Å². The van der Waals surface area contributed by atoms with Gasteiger partial charge in [-0.15, -0.1) is 0 Å². The summed E-state index contributed by atoms with van der Waals surface area (Å²) in [5.41, 5.74) is 0. The van der Waals surface area contributed by atoms with Crippen LogP contribution in [0.15, 0.2) is 36.5 Å². The zero-order valence-corrected chi connectivity index (χ0v) is 39.3. The molecule has 0 amide bonds. The minimum Gasteiger partial charge on any atom is -0.462 e. The average Bonchev–Trinajstić information content (AvgIpc) is 3.23. The normalized spacial score (nSPS) is 12.3. The van der Waals surface area contributed by atoms with Crippen LogP contribution in [0.2, 0.25) is 0 Å². The number of rotatable bonds is 46. The third-order valence-corrected chi connectivity index (χ3v) is 11.2. The third kappa shape index (κ3) is 46.5. The molecule has 0 aliphatic heterocycles. The average molecular weight is 829 g/mol. The maximum Gasteiger partial charge on any atom is 0.306 e. The first-order chi connectivity index (χ1) is 29.0. The van der Waals surface area contributed by atoms with Gasteiger partial charge in [0.1, 0.15) is 13.2 Å². The van der Waals surface area contributed by atoms with Gasteiger partial charge >= 0.3 is 17.9 Å². The molecule has 0 heterocycles. The quantitative estimate of drug-likeness (QED) is 0.0263. The lowest BCUT2D eigenvalue weighted by Crippen LogP contribution is -2.30. The Hall–Kier alpha value is -2.37. The monoisotopic (exact) mass is 829 g/mol. The number of hydrogen-bond acceptors (Lipinski definition) is 6. The smallest absolute Gasteiger partial charge is 0.306 e. The molecule has 0 aromatic heterocycles. The Balaban J connectivity index is 4.33. The fourth-order valence-corrected chi connectivity index (χ4v) is 7.38. The number of ether oxygens (including phenoxy) is 3. The molecule has 6 heteroatoms. The molecule has 0 aliphatic carbocycles. The summed E-state index contributed by atoms with van der Waals surface area (Å²) >= 11 is 0. The van der Waals surface area contributed by atoms with E-state index < -0.39 is 6.10 Å². The predicted molar refractivity (Wildman–Crippen MR) is 252 cm³/mol. The van der Waals surface area contributed by atoms with Gasteiger partial charge in [-0.05, 0) is 38.5 Å². The van der Waals surface area contributed by atoms with Crippen LogP contribution in [0.1, 0.15) is 265 Å². The molecule has 0 saturated carbocycles. The number of carbonyl (C=O) groups is 3. The Morgan fingerprint density at radius 1 is 0.356 bits per heavy atom. The van der Waals surface area contributed by atoms with Crippen molar-refractivity contribution in [2.45, 2.75) is 271 Å². The van der Waals surface area contributed by atoms with Crippen molar-refractivity contribution in [3.8, 4) is 0 Å². The molecule has 0 radical (unpaired) electrons. The van der Waals surface area contributed by atoms with E-state index in [0.29, 0.717) is 19.3 Å². The van der Waals surface area contributed by atoms with Crippen molar-refractivity contribution < 1.29 is 28.6 Å². The summed E-state index contributed by atoms with van der Waals surface area (Å²) in [4.78, 5) is 37.9. The summed E-state index contributed by atoms with van der Waals surface area (Å²) in [6.07, 6.45) is 55.5. The molecule has 1 atom stereocenters. The van der Waals surface area contributed by atoms with Crippen molar-refractivity contribution in [3.63, 3.8) is 0 Å². The van der Waals surface area contributed by atoms with Crippen LogP contribution in [0.25, 0.3) is 0 Å². The number of unbranched alkanes of at least 4 members (excludes halogenated alkanes) is 31. The fourth-order valence-electron chi connectivity index (χ4n) is 7.38. The Morgan fingerprint density at radius 3 is 1.02 bits per heavy atom. The molecule has 0 aromatic carbocycles. The van der Waals surface area contributed by atoms with Crippen LogP contribution in [0.5, 0.6) is 0 Å². The van der Waals surface area contributed by atoms with Crippen molar-refractivity contribution in [2.24, 2.45) is 0 Å². The van der Waals surface area contributed by atoms with E-state index in [1.165, 1.54) is 154 Å². The van der Waals surface area contributed by atoms with Gasteiger partial charge in [0, 0.05) is 19.3 Å². The van der Waals surface area contributed by atoms with E-state index in [1.807, 2.05) is 0 Å². The molecule has 0 spiro atoms. The van der Waals surface area contributed by atoms with Gasteiger partial charge in [0.15, 0.2) is 6.10 Å². The van der Waals surface area contributed by atoms with E-state index in [-0.39, 0.29) is 31.1 Å². The molecule has 0 aromatic rings. The maximum atomic E-state index is 12.8. The van der Waals surface area contributed by atoms with Crippen molar-refractivity contribution in [1.82, 2.24) is 0 Å². The van der Waals surface area contributed by atoms with Crippen LogP contribution in [0.4, 0.5) is 0 Å². The minimum atomic E-state index is -0.772. The number of hydrogen-bond donors (Lipinski definition) is 0. The van der Waals surface area contributed by atoms with E-state index in [4.69, 9.17) is 14.2 Å². The first-order valence-electron chi connectivity index (χ1n) is 25.5. The summed E-state index contributed by atoms with van der Waals surface area (Å²) in [5.74, 6) is -0.876. The molecular weight excluding hydrogens is 733 g/mol. The topological polar surface area (TPSA) is 78.9 Å². The molecule has 344 valence electrons. The summed E-state index contributed by atoms with van der Waals surface area (Å²) < 4.78 is 16.8. The second-order valence-corrected chi connectivity index (χ2v) is 17.1. The highest BCUT2D eigenvalue weighted by Crippen LogP contribution is 2.16. The molecule has 0 saturated heterocycles. The lowest BCUT2D eigenvalue weighted by atomic mass is 10.0. The second-order valence-electron chi connectivity index (χ2n) is 17.1. The lowest BCUT2D eigenvalue weighted by Gasteiger charge is -2.18. The van der Waals surface area contributed by atoms with E-state index in [2.05, 4.69) is 57.2 Å². The number of carbonyl (C=O) groups excluding carboxylic acids is 3. The zero-order valence-electron chi connectivity index (χ0n) is 39.3. The van der Waals surface area contributed by atoms with Crippen LogP contribution in [-0.4, -0.2) is 37.2 Å². The van der Waals surface area contributed by atoms with Gasteiger partial charge in [-0.25, -0.2) is 0 Å². The molecule has 0 N–H and O–H groups in total. The Morgan fingerprint density at radius 2 is 0.661 bits per heavy atom. The summed E-state index contributed by atoms with van der Waals surface area (Å²) in [6, 6.07) is 0. The first-order valence-corrected chi connectivity index (χ1v) is 25.5.